The molecule has 1 nitrogen and oxygen atoms in total. The lowest BCUT2D eigenvalue weighted by atomic mass is 10.0. The largest absolute Gasteiger partial charge is 0.398 e. The molecule has 0 atom stereocenters. The Hall–Kier alpha value is -0.980. The van der Waals surface area contributed by atoms with Gasteiger partial charge in [-0.1, -0.05) is 6.07 Å². The fraction of sp³-hybridized carbons (Fsp3) is 0.455. The predicted molar refractivity (Wildman–Crippen MR) is 52.3 cm³/mol. The van der Waals surface area contributed by atoms with Gasteiger partial charge in [0.25, 0.3) is 0 Å². The number of anilines is 1. The molecular formula is C11H15N. The second-order valence-corrected chi connectivity index (χ2v) is 3.84. The maximum atomic E-state index is 5.93. The summed E-state index contributed by atoms with van der Waals surface area (Å²) in [6.07, 6.45) is 2.65. The van der Waals surface area contributed by atoms with Crippen molar-refractivity contribution in [3.63, 3.8) is 0 Å². The molecule has 1 heteroatoms. The summed E-state index contributed by atoms with van der Waals surface area (Å²) in [6.45, 7) is 4.27. The SMILES string of the molecule is Cc1cc(N)c(C2CC2)cc1C. The van der Waals surface area contributed by atoms with Gasteiger partial charge in [-0.2, -0.15) is 0 Å². The minimum Gasteiger partial charge on any atom is -0.398 e. The van der Waals surface area contributed by atoms with E-state index in [-0.39, 0.29) is 0 Å². The normalized spacial score (nSPS) is 16.5. The Balaban J connectivity index is 2.47. The zero-order chi connectivity index (χ0) is 8.72. The van der Waals surface area contributed by atoms with Crippen molar-refractivity contribution in [2.75, 3.05) is 5.73 Å². The molecule has 1 saturated carbocycles. The van der Waals surface area contributed by atoms with E-state index in [1.807, 2.05) is 0 Å². The summed E-state index contributed by atoms with van der Waals surface area (Å²) in [5.74, 6) is 0.768. The van der Waals surface area contributed by atoms with E-state index in [0.717, 1.165) is 11.6 Å². The maximum absolute atomic E-state index is 5.93. The molecule has 1 aliphatic carbocycles. The van der Waals surface area contributed by atoms with Crippen molar-refractivity contribution < 1.29 is 0 Å². The van der Waals surface area contributed by atoms with Gasteiger partial charge in [-0.05, 0) is 55.4 Å². The van der Waals surface area contributed by atoms with Crippen LogP contribution in [0.4, 0.5) is 5.69 Å². The fourth-order valence-electron chi connectivity index (χ4n) is 1.61. The second kappa shape index (κ2) is 2.51. The Morgan fingerprint density at radius 3 is 2.33 bits per heavy atom. The third-order valence-corrected chi connectivity index (χ3v) is 2.72. The molecule has 2 N–H and O–H groups in total. The number of hydrogen-bond donors (Lipinski definition) is 1. The van der Waals surface area contributed by atoms with Crippen molar-refractivity contribution in [1.82, 2.24) is 0 Å². The molecule has 1 fully saturated rings. The predicted octanol–water partition coefficient (Wildman–Crippen LogP) is 2.76. The van der Waals surface area contributed by atoms with Crippen LogP contribution in [0.5, 0.6) is 0 Å². The van der Waals surface area contributed by atoms with Gasteiger partial charge in [-0.3, -0.25) is 0 Å². The summed E-state index contributed by atoms with van der Waals surface area (Å²) in [4.78, 5) is 0. The van der Waals surface area contributed by atoms with Crippen molar-refractivity contribution in [3.8, 4) is 0 Å². The number of rotatable bonds is 1. The highest BCUT2D eigenvalue weighted by molar-refractivity contribution is 5.54. The second-order valence-electron chi connectivity index (χ2n) is 3.84. The van der Waals surface area contributed by atoms with Crippen LogP contribution in [0.15, 0.2) is 12.1 Å². The van der Waals surface area contributed by atoms with Crippen LogP contribution in [0.1, 0.15) is 35.4 Å². The zero-order valence-electron chi connectivity index (χ0n) is 7.72. The molecule has 0 unspecified atom stereocenters. The Labute approximate surface area is 73.6 Å². The highest BCUT2D eigenvalue weighted by atomic mass is 14.6. The van der Waals surface area contributed by atoms with Gasteiger partial charge in [0.2, 0.25) is 0 Å². The summed E-state index contributed by atoms with van der Waals surface area (Å²) >= 11 is 0. The topological polar surface area (TPSA) is 26.0 Å². The molecule has 2 rings (SSSR count). The van der Waals surface area contributed by atoms with Gasteiger partial charge in [0.15, 0.2) is 0 Å². The van der Waals surface area contributed by atoms with E-state index in [1.54, 1.807) is 0 Å². The summed E-state index contributed by atoms with van der Waals surface area (Å²) < 4.78 is 0. The van der Waals surface area contributed by atoms with Crippen LogP contribution in [0.3, 0.4) is 0 Å². The molecule has 1 aromatic rings. The first-order valence-electron chi connectivity index (χ1n) is 4.55. The van der Waals surface area contributed by atoms with Crippen LogP contribution in [0.2, 0.25) is 0 Å². The smallest absolute Gasteiger partial charge is 0.0352 e. The number of hydrogen-bond acceptors (Lipinski definition) is 1. The lowest BCUT2D eigenvalue weighted by Gasteiger charge is -2.07. The highest BCUT2D eigenvalue weighted by Crippen LogP contribution is 2.43. The Morgan fingerprint density at radius 2 is 1.75 bits per heavy atom. The van der Waals surface area contributed by atoms with E-state index in [0.29, 0.717) is 0 Å². The molecule has 0 saturated heterocycles. The molecule has 12 heavy (non-hydrogen) atoms. The van der Waals surface area contributed by atoms with Gasteiger partial charge in [-0.25, -0.2) is 0 Å². The van der Waals surface area contributed by atoms with Gasteiger partial charge in [0.05, 0.1) is 0 Å². The fourth-order valence-corrected chi connectivity index (χ4v) is 1.61. The maximum Gasteiger partial charge on any atom is 0.0352 e. The standard InChI is InChI=1S/C11H15N/c1-7-5-10(9-3-4-9)11(12)6-8(7)2/h5-6,9H,3-4,12H2,1-2H3. The van der Waals surface area contributed by atoms with E-state index in [9.17, 15) is 0 Å². The van der Waals surface area contributed by atoms with E-state index in [2.05, 4.69) is 26.0 Å². The number of nitrogen functional groups attached to an aromatic ring is 1. The third kappa shape index (κ3) is 1.20. The van der Waals surface area contributed by atoms with E-state index in [1.165, 1.54) is 29.5 Å². The molecule has 0 aromatic heterocycles. The number of aryl methyl sites for hydroxylation is 2. The molecule has 1 aromatic carbocycles. The van der Waals surface area contributed by atoms with Gasteiger partial charge in [0.1, 0.15) is 0 Å². The van der Waals surface area contributed by atoms with Crippen LogP contribution < -0.4 is 5.73 Å². The van der Waals surface area contributed by atoms with Crippen LogP contribution in [-0.2, 0) is 0 Å². The molecule has 1 aliphatic rings. The molecule has 0 aliphatic heterocycles. The molecular weight excluding hydrogens is 146 g/mol. The average molecular weight is 161 g/mol. The summed E-state index contributed by atoms with van der Waals surface area (Å²) in [7, 11) is 0. The van der Waals surface area contributed by atoms with Crippen molar-refractivity contribution in [1.29, 1.82) is 0 Å². The van der Waals surface area contributed by atoms with Crippen LogP contribution in [0.25, 0.3) is 0 Å². The van der Waals surface area contributed by atoms with Crippen molar-refractivity contribution in [2.45, 2.75) is 32.6 Å². The number of benzene rings is 1. The van der Waals surface area contributed by atoms with Crippen molar-refractivity contribution in [2.24, 2.45) is 0 Å². The average Bonchev–Trinajstić information content (AvgIpc) is 2.79. The lowest BCUT2D eigenvalue weighted by molar-refractivity contribution is 1.12. The van der Waals surface area contributed by atoms with Crippen LogP contribution in [-0.4, -0.2) is 0 Å². The minimum absolute atomic E-state index is 0.768. The molecule has 0 spiro atoms. The van der Waals surface area contributed by atoms with Crippen molar-refractivity contribution in [3.05, 3.63) is 28.8 Å². The van der Waals surface area contributed by atoms with Gasteiger partial charge in [0, 0.05) is 5.69 Å². The van der Waals surface area contributed by atoms with E-state index in [4.69, 9.17) is 5.73 Å². The first-order chi connectivity index (χ1) is 5.68. The molecule has 64 valence electrons. The molecule has 0 bridgehead atoms. The molecule has 0 heterocycles. The summed E-state index contributed by atoms with van der Waals surface area (Å²) in [5, 5.41) is 0. The van der Waals surface area contributed by atoms with Crippen LogP contribution >= 0.6 is 0 Å². The summed E-state index contributed by atoms with van der Waals surface area (Å²) in [6, 6.07) is 4.35. The number of nitrogens with two attached hydrogens (primary N) is 1. The van der Waals surface area contributed by atoms with E-state index < -0.39 is 0 Å². The summed E-state index contributed by atoms with van der Waals surface area (Å²) in [5.41, 5.74) is 11.0. The van der Waals surface area contributed by atoms with Gasteiger partial charge in [-0.15, -0.1) is 0 Å². The lowest BCUT2D eigenvalue weighted by Crippen LogP contribution is -1.95. The first-order valence-corrected chi connectivity index (χ1v) is 4.55. The Morgan fingerprint density at radius 1 is 1.17 bits per heavy atom. The molecule has 0 amide bonds. The third-order valence-electron chi connectivity index (χ3n) is 2.72. The zero-order valence-corrected chi connectivity index (χ0v) is 7.72. The quantitative estimate of drug-likeness (QED) is 0.630. The van der Waals surface area contributed by atoms with Gasteiger partial charge < -0.3 is 5.73 Å². The van der Waals surface area contributed by atoms with Crippen LogP contribution in [0, 0.1) is 13.8 Å². The van der Waals surface area contributed by atoms with E-state index >= 15 is 0 Å². The first kappa shape index (κ1) is 7.66. The monoisotopic (exact) mass is 161 g/mol. The van der Waals surface area contributed by atoms with Gasteiger partial charge >= 0.3 is 0 Å². The molecule has 0 radical (unpaired) electrons. The Bertz CT molecular complexity index is 311. The van der Waals surface area contributed by atoms with Crippen molar-refractivity contribution >= 4 is 5.69 Å². The Kier molecular flexibility index (Phi) is 1.60. The minimum atomic E-state index is 0.768. The highest BCUT2D eigenvalue weighted by Gasteiger charge is 2.25.